The van der Waals surface area contributed by atoms with Crippen LogP contribution in [0, 0.1) is 0 Å². The molecule has 3 aromatic carbocycles. The summed E-state index contributed by atoms with van der Waals surface area (Å²) in [5.41, 5.74) is 1.76. The lowest BCUT2D eigenvalue weighted by Gasteiger charge is -2.13. The third kappa shape index (κ3) is 6.24. The Hall–Kier alpha value is -4.00. The van der Waals surface area contributed by atoms with E-state index in [9.17, 15) is 9.59 Å². The van der Waals surface area contributed by atoms with Gasteiger partial charge in [-0.3, -0.25) is 9.59 Å². The zero-order valence-corrected chi connectivity index (χ0v) is 17.4. The predicted molar refractivity (Wildman–Crippen MR) is 118 cm³/mol. The fraction of sp³-hybridized carbons (Fsp3) is 0.167. The van der Waals surface area contributed by atoms with Crippen molar-refractivity contribution in [3.63, 3.8) is 0 Å². The minimum atomic E-state index is -0.398. The molecule has 31 heavy (non-hydrogen) atoms. The number of anilines is 1. The topological polar surface area (TPSA) is 85.9 Å². The molecule has 7 nitrogen and oxygen atoms in total. The molecule has 0 saturated carbocycles. The maximum absolute atomic E-state index is 12.6. The first-order valence-electron chi connectivity index (χ1n) is 9.66. The van der Waals surface area contributed by atoms with E-state index in [-0.39, 0.29) is 12.5 Å². The highest BCUT2D eigenvalue weighted by atomic mass is 16.5. The second kappa shape index (κ2) is 10.7. The van der Waals surface area contributed by atoms with Crippen LogP contribution in [0.25, 0.3) is 0 Å². The van der Waals surface area contributed by atoms with E-state index in [1.54, 1.807) is 42.5 Å². The number of rotatable bonds is 9. The van der Waals surface area contributed by atoms with Crippen LogP contribution in [0.1, 0.15) is 15.9 Å². The van der Waals surface area contributed by atoms with Gasteiger partial charge in [0.15, 0.2) is 6.61 Å². The Labute approximate surface area is 180 Å². The summed E-state index contributed by atoms with van der Waals surface area (Å²) >= 11 is 0. The zero-order valence-electron chi connectivity index (χ0n) is 17.4. The summed E-state index contributed by atoms with van der Waals surface area (Å²) in [6.45, 7) is 0.152. The van der Waals surface area contributed by atoms with E-state index in [0.717, 1.165) is 5.56 Å². The van der Waals surface area contributed by atoms with Crippen LogP contribution in [0.3, 0.4) is 0 Å². The highest BCUT2D eigenvalue weighted by Gasteiger charge is 2.14. The highest BCUT2D eigenvalue weighted by molar-refractivity contribution is 6.04. The van der Waals surface area contributed by atoms with Gasteiger partial charge in [0.1, 0.15) is 17.2 Å². The Morgan fingerprint density at radius 1 is 0.806 bits per heavy atom. The normalized spacial score (nSPS) is 10.1. The molecule has 0 spiro atoms. The van der Waals surface area contributed by atoms with Crippen LogP contribution < -0.4 is 24.8 Å². The maximum atomic E-state index is 12.6. The summed E-state index contributed by atoms with van der Waals surface area (Å²) < 4.78 is 15.9. The molecule has 3 rings (SSSR count). The predicted octanol–water partition coefficient (Wildman–Crippen LogP) is 3.65. The molecular formula is C24H24N2O5. The van der Waals surface area contributed by atoms with Crippen molar-refractivity contribution in [1.29, 1.82) is 0 Å². The molecule has 2 N–H and O–H groups in total. The lowest BCUT2D eigenvalue weighted by Crippen LogP contribution is -2.26. The molecule has 0 bridgehead atoms. The zero-order chi connectivity index (χ0) is 22.1. The van der Waals surface area contributed by atoms with Crippen molar-refractivity contribution >= 4 is 17.5 Å². The number of carbonyl (C=O) groups excluding carboxylic acids is 2. The van der Waals surface area contributed by atoms with Gasteiger partial charge in [-0.1, -0.05) is 42.5 Å². The van der Waals surface area contributed by atoms with Crippen LogP contribution >= 0.6 is 0 Å². The van der Waals surface area contributed by atoms with E-state index >= 15 is 0 Å². The third-order valence-corrected chi connectivity index (χ3v) is 4.44. The van der Waals surface area contributed by atoms with Gasteiger partial charge in [-0.15, -0.1) is 0 Å². The van der Waals surface area contributed by atoms with E-state index < -0.39 is 5.91 Å². The minimum Gasteiger partial charge on any atom is -0.496 e. The molecule has 0 saturated heterocycles. The molecule has 0 fully saturated rings. The van der Waals surface area contributed by atoms with Crippen LogP contribution in [0.15, 0.2) is 72.8 Å². The Kier molecular flexibility index (Phi) is 7.48. The lowest BCUT2D eigenvalue weighted by atomic mass is 10.1. The first-order valence-corrected chi connectivity index (χ1v) is 9.66. The lowest BCUT2D eigenvalue weighted by molar-refractivity contribution is -0.118. The van der Waals surface area contributed by atoms with Gasteiger partial charge in [0.2, 0.25) is 0 Å². The van der Waals surface area contributed by atoms with Crippen LogP contribution in [-0.4, -0.2) is 32.6 Å². The first-order chi connectivity index (χ1) is 15.1. The van der Waals surface area contributed by atoms with Gasteiger partial charge in [-0.2, -0.15) is 0 Å². The average Bonchev–Trinajstić information content (AvgIpc) is 2.82. The SMILES string of the molecule is COc1cc(OC)cc(OCC(=O)Nc2ccccc2C(=O)NCc2ccccc2)c1. The van der Waals surface area contributed by atoms with Gasteiger partial charge in [-0.05, 0) is 17.7 Å². The largest absolute Gasteiger partial charge is 0.496 e. The molecule has 2 amide bonds. The smallest absolute Gasteiger partial charge is 0.262 e. The summed E-state index contributed by atoms with van der Waals surface area (Å²) in [6.07, 6.45) is 0. The maximum Gasteiger partial charge on any atom is 0.262 e. The molecule has 0 aliphatic carbocycles. The fourth-order valence-corrected chi connectivity index (χ4v) is 2.86. The highest BCUT2D eigenvalue weighted by Crippen LogP contribution is 2.27. The Balaban J connectivity index is 1.61. The van der Waals surface area contributed by atoms with Gasteiger partial charge in [0.05, 0.1) is 25.5 Å². The molecule has 3 aromatic rings. The number of benzene rings is 3. The number of methoxy groups -OCH3 is 2. The quantitative estimate of drug-likeness (QED) is 0.552. The van der Waals surface area contributed by atoms with E-state index in [2.05, 4.69) is 10.6 Å². The monoisotopic (exact) mass is 420 g/mol. The number of hydrogen-bond acceptors (Lipinski definition) is 5. The second-order valence-corrected chi connectivity index (χ2v) is 6.60. The summed E-state index contributed by atoms with van der Waals surface area (Å²) in [5.74, 6) is 0.855. The molecular weight excluding hydrogens is 396 g/mol. The molecule has 0 aliphatic rings. The molecule has 0 atom stereocenters. The molecule has 0 radical (unpaired) electrons. The number of nitrogens with one attached hydrogen (secondary N) is 2. The molecule has 0 aliphatic heterocycles. The Bertz CT molecular complexity index is 1010. The average molecular weight is 420 g/mol. The summed E-state index contributed by atoms with van der Waals surface area (Å²) in [7, 11) is 3.07. The Morgan fingerprint density at radius 2 is 1.42 bits per heavy atom. The van der Waals surface area contributed by atoms with Crippen LogP contribution in [0.2, 0.25) is 0 Å². The summed E-state index contributed by atoms with van der Waals surface area (Å²) in [5, 5.41) is 5.59. The standard InChI is InChI=1S/C24H24N2O5/c1-29-18-12-19(30-2)14-20(13-18)31-16-23(27)26-22-11-7-6-10-21(22)24(28)25-15-17-8-4-3-5-9-17/h3-14H,15-16H2,1-2H3,(H,25,28)(H,26,27). The molecule has 0 aromatic heterocycles. The van der Waals surface area contributed by atoms with Crippen LogP contribution in [0.4, 0.5) is 5.69 Å². The van der Waals surface area contributed by atoms with Crippen LogP contribution in [-0.2, 0) is 11.3 Å². The van der Waals surface area contributed by atoms with Crippen molar-refractivity contribution in [3.8, 4) is 17.2 Å². The van der Waals surface area contributed by atoms with Gasteiger partial charge >= 0.3 is 0 Å². The number of para-hydroxylation sites is 1. The number of carbonyl (C=O) groups is 2. The van der Waals surface area contributed by atoms with Crippen molar-refractivity contribution in [2.75, 3.05) is 26.1 Å². The van der Waals surface area contributed by atoms with Crippen molar-refractivity contribution < 1.29 is 23.8 Å². The first kappa shape index (κ1) is 21.7. The summed E-state index contributed by atoms with van der Waals surface area (Å²) in [6, 6.07) is 21.4. The Morgan fingerprint density at radius 3 is 2.10 bits per heavy atom. The van der Waals surface area contributed by atoms with Gasteiger partial charge < -0.3 is 24.8 Å². The van der Waals surface area contributed by atoms with Gasteiger partial charge in [-0.25, -0.2) is 0 Å². The molecule has 0 heterocycles. The third-order valence-electron chi connectivity index (χ3n) is 4.44. The van der Waals surface area contributed by atoms with Crippen LogP contribution in [0.5, 0.6) is 17.2 Å². The summed E-state index contributed by atoms with van der Waals surface area (Å²) in [4.78, 5) is 25.0. The number of ether oxygens (including phenoxy) is 3. The molecule has 0 unspecified atom stereocenters. The van der Waals surface area contributed by atoms with E-state index in [4.69, 9.17) is 14.2 Å². The minimum absolute atomic E-state index is 0.240. The number of amides is 2. The number of hydrogen-bond donors (Lipinski definition) is 2. The van der Waals surface area contributed by atoms with Crippen molar-refractivity contribution in [2.45, 2.75) is 6.54 Å². The molecule has 7 heteroatoms. The van der Waals surface area contributed by atoms with E-state index in [0.29, 0.717) is 35.0 Å². The van der Waals surface area contributed by atoms with Crippen molar-refractivity contribution in [3.05, 3.63) is 83.9 Å². The fourth-order valence-electron chi connectivity index (χ4n) is 2.86. The molecule has 160 valence electrons. The second-order valence-electron chi connectivity index (χ2n) is 6.60. The van der Waals surface area contributed by atoms with Crippen molar-refractivity contribution in [2.24, 2.45) is 0 Å². The van der Waals surface area contributed by atoms with E-state index in [1.165, 1.54) is 14.2 Å². The van der Waals surface area contributed by atoms with Gasteiger partial charge in [0, 0.05) is 24.7 Å². The van der Waals surface area contributed by atoms with Gasteiger partial charge in [0.25, 0.3) is 11.8 Å². The van der Waals surface area contributed by atoms with E-state index in [1.807, 2.05) is 30.3 Å². The van der Waals surface area contributed by atoms with Crippen molar-refractivity contribution in [1.82, 2.24) is 5.32 Å².